The molecule has 2 rings (SSSR count). The summed E-state index contributed by atoms with van der Waals surface area (Å²) in [6, 6.07) is 4.81. The first kappa shape index (κ1) is 12.9. The molecule has 94 valence electrons. The average molecular weight is 285 g/mol. The monoisotopic (exact) mass is 284 g/mol. The molecule has 0 aliphatic heterocycles. The van der Waals surface area contributed by atoms with Gasteiger partial charge in [0, 0.05) is 10.6 Å². The van der Waals surface area contributed by atoms with E-state index in [2.05, 4.69) is 9.97 Å². The van der Waals surface area contributed by atoms with Gasteiger partial charge in [0.1, 0.15) is 5.82 Å². The van der Waals surface area contributed by atoms with Gasteiger partial charge in [-0.2, -0.15) is 4.98 Å². The van der Waals surface area contributed by atoms with Crippen LogP contribution in [0.1, 0.15) is 12.5 Å². The zero-order valence-electron chi connectivity index (χ0n) is 9.50. The molecule has 1 aromatic carbocycles. The van der Waals surface area contributed by atoms with Gasteiger partial charge in [0.15, 0.2) is 0 Å². The van der Waals surface area contributed by atoms with Gasteiger partial charge in [0.2, 0.25) is 5.88 Å². The lowest BCUT2D eigenvalue weighted by Crippen LogP contribution is -2.14. The summed E-state index contributed by atoms with van der Waals surface area (Å²) >= 11 is 11.9. The number of benzene rings is 1. The van der Waals surface area contributed by atoms with Crippen LogP contribution in [0.4, 0.5) is 0 Å². The molecule has 0 saturated heterocycles. The Balaban J connectivity index is 2.65. The van der Waals surface area contributed by atoms with Crippen LogP contribution in [0.5, 0.6) is 5.88 Å². The minimum absolute atomic E-state index is 0.196. The van der Waals surface area contributed by atoms with Crippen molar-refractivity contribution < 1.29 is 5.11 Å². The van der Waals surface area contributed by atoms with Gasteiger partial charge in [-0.1, -0.05) is 30.1 Å². The first-order valence-corrected chi connectivity index (χ1v) is 6.06. The lowest BCUT2D eigenvalue weighted by Gasteiger charge is -2.06. The van der Waals surface area contributed by atoms with Crippen LogP contribution in [0.15, 0.2) is 23.0 Å². The molecule has 6 heteroatoms. The van der Waals surface area contributed by atoms with E-state index in [9.17, 15) is 9.90 Å². The van der Waals surface area contributed by atoms with Crippen LogP contribution in [0.3, 0.4) is 0 Å². The molecule has 0 radical (unpaired) electrons. The molecule has 0 unspecified atom stereocenters. The van der Waals surface area contributed by atoms with Gasteiger partial charge < -0.3 is 10.1 Å². The van der Waals surface area contributed by atoms with E-state index in [-0.39, 0.29) is 22.8 Å². The number of hydrogen-bond acceptors (Lipinski definition) is 3. The maximum absolute atomic E-state index is 11.7. The topological polar surface area (TPSA) is 66.0 Å². The van der Waals surface area contributed by atoms with Crippen molar-refractivity contribution in [3.05, 3.63) is 44.2 Å². The third kappa shape index (κ3) is 2.35. The summed E-state index contributed by atoms with van der Waals surface area (Å²) in [7, 11) is 0. The van der Waals surface area contributed by atoms with Crippen LogP contribution >= 0.6 is 23.2 Å². The van der Waals surface area contributed by atoms with E-state index in [0.29, 0.717) is 22.0 Å². The summed E-state index contributed by atoms with van der Waals surface area (Å²) in [4.78, 5) is 18.2. The lowest BCUT2D eigenvalue weighted by atomic mass is 10.2. The van der Waals surface area contributed by atoms with Gasteiger partial charge in [-0.25, -0.2) is 0 Å². The summed E-state index contributed by atoms with van der Waals surface area (Å²) in [6.45, 7) is 1.76. The molecular weight excluding hydrogens is 275 g/mol. The fourth-order valence-electron chi connectivity index (χ4n) is 1.61. The largest absolute Gasteiger partial charge is 0.493 e. The third-order valence-corrected chi connectivity index (χ3v) is 3.10. The van der Waals surface area contributed by atoms with E-state index < -0.39 is 0 Å². The average Bonchev–Trinajstić information content (AvgIpc) is 2.32. The number of hydrogen-bond donors (Lipinski definition) is 2. The van der Waals surface area contributed by atoms with Crippen LogP contribution in [0.2, 0.25) is 10.0 Å². The van der Waals surface area contributed by atoms with E-state index in [1.807, 2.05) is 0 Å². The quantitative estimate of drug-likeness (QED) is 0.891. The van der Waals surface area contributed by atoms with E-state index in [0.717, 1.165) is 0 Å². The highest BCUT2D eigenvalue weighted by molar-refractivity contribution is 6.35. The highest BCUT2D eigenvalue weighted by atomic mass is 35.5. The fourth-order valence-corrected chi connectivity index (χ4v) is 1.99. The molecule has 0 fully saturated rings. The fraction of sp³-hybridized carbons (Fsp3) is 0.167. The molecule has 1 heterocycles. The van der Waals surface area contributed by atoms with Crippen molar-refractivity contribution in [2.75, 3.05) is 0 Å². The molecule has 0 spiro atoms. The van der Waals surface area contributed by atoms with Gasteiger partial charge in [-0.3, -0.25) is 4.79 Å². The van der Waals surface area contributed by atoms with E-state index >= 15 is 0 Å². The van der Waals surface area contributed by atoms with Gasteiger partial charge >= 0.3 is 0 Å². The van der Waals surface area contributed by atoms with Gasteiger partial charge in [0.25, 0.3) is 5.56 Å². The number of aromatic amines is 1. The standard InChI is InChI=1S/C12H10Cl2N2O2/c1-2-7-11(17)15-10(16-12(7)18)8-5-6(13)3-4-9(8)14/h3-5H,2H2,1H3,(H2,15,16,17,18). The Morgan fingerprint density at radius 1 is 1.39 bits per heavy atom. The molecule has 0 atom stereocenters. The maximum atomic E-state index is 11.7. The first-order valence-electron chi connectivity index (χ1n) is 5.30. The molecule has 1 aromatic heterocycles. The highest BCUT2D eigenvalue weighted by Gasteiger charge is 2.12. The van der Waals surface area contributed by atoms with Crippen LogP contribution in [-0.2, 0) is 6.42 Å². The minimum atomic E-state index is -0.379. The van der Waals surface area contributed by atoms with E-state index in [1.54, 1.807) is 25.1 Å². The number of rotatable bonds is 2. The predicted octanol–water partition coefficient (Wildman–Crippen LogP) is 3.01. The molecule has 0 aliphatic rings. The van der Waals surface area contributed by atoms with Gasteiger partial charge in [-0.15, -0.1) is 0 Å². The number of H-pyrrole nitrogens is 1. The Labute approximate surface area is 113 Å². The van der Waals surface area contributed by atoms with E-state index in [1.165, 1.54) is 0 Å². The van der Waals surface area contributed by atoms with Crippen LogP contribution in [0, 0.1) is 0 Å². The van der Waals surface area contributed by atoms with Crippen LogP contribution < -0.4 is 5.56 Å². The Morgan fingerprint density at radius 3 is 2.72 bits per heavy atom. The Morgan fingerprint density at radius 2 is 2.11 bits per heavy atom. The third-order valence-electron chi connectivity index (χ3n) is 2.53. The van der Waals surface area contributed by atoms with Crippen LogP contribution in [-0.4, -0.2) is 15.1 Å². The summed E-state index contributed by atoms with van der Waals surface area (Å²) in [5.74, 6) is -0.0884. The van der Waals surface area contributed by atoms with Crippen molar-refractivity contribution in [1.29, 1.82) is 0 Å². The SMILES string of the molecule is CCc1c(O)nc(-c2cc(Cl)ccc2Cl)[nH]c1=O. The predicted molar refractivity (Wildman–Crippen MR) is 71.4 cm³/mol. The molecule has 0 aliphatic carbocycles. The molecule has 4 nitrogen and oxygen atoms in total. The normalized spacial score (nSPS) is 10.6. The Bertz CT molecular complexity index is 653. The van der Waals surface area contributed by atoms with Gasteiger partial charge in [-0.05, 0) is 24.6 Å². The maximum Gasteiger partial charge on any atom is 0.258 e. The molecule has 2 N–H and O–H groups in total. The number of nitrogens with zero attached hydrogens (tertiary/aromatic N) is 1. The molecular formula is C12H10Cl2N2O2. The highest BCUT2D eigenvalue weighted by Crippen LogP contribution is 2.28. The van der Waals surface area contributed by atoms with Crippen molar-refractivity contribution in [3.8, 4) is 17.3 Å². The molecule has 0 bridgehead atoms. The zero-order chi connectivity index (χ0) is 13.3. The smallest absolute Gasteiger partial charge is 0.258 e. The van der Waals surface area contributed by atoms with Crippen LogP contribution in [0.25, 0.3) is 11.4 Å². The lowest BCUT2D eigenvalue weighted by molar-refractivity contribution is 0.444. The van der Waals surface area contributed by atoms with Crippen molar-refractivity contribution >= 4 is 23.2 Å². The minimum Gasteiger partial charge on any atom is -0.493 e. The summed E-state index contributed by atoms with van der Waals surface area (Å²) in [6.07, 6.45) is 0.401. The van der Waals surface area contributed by atoms with Crippen molar-refractivity contribution in [3.63, 3.8) is 0 Å². The second-order valence-corrected chi connectivity index (χ2v) is 4.54. The van der Waals surface area contributed by atoms with Crippen molar-refractivity contribution in [2.45, 2.75) is 13.3 Å². The number of aromatic nitrogens is 2. The Kier molecular flexibility index (Phi) is 3.59. The zero-order valence-corrected chi connectivity index (χ0v) is 11.0. The van der Waals surface area contributed by atoms with Crippen molar-refractivity contribution in [1.82, 2.24) is 9.97 Å². The summed E-state index contributed by atoms with van der Waals surface area (Å²) in [5.41, 5.74) is 0.340. The summed E-state index contributed by atoms with van der Waals surface area (Å²) in [5, 5.41) is 10.5. The molecule has 2 aromatic rings. The van der Waals surface area contributed by atoms with E-state index in [4.69, 9.17) is 23.2 Å². The second kappa shape index (κ2) is 5.00. The second-order valence-electron chi connectivity index (χ2n) is 3.69. The number of halogens is 2. The number of nitrogens with one attached hydrogen (secondary N) is 1. The molecule has 0 saturated carbocycles. The molecule has 18 heavy (non-hydrogen) atoms. The Hall–Kier alpha value is -1.52. The van der Waals surface area contributed by atoms with Gasteiger partial charge in [0.05, 0.1) is 10.6 Å². The first-order chi connectivity index (χ1) is 8.52. The van der Waals surface area contributed by atoms with Crippen molar-refractivity contribution in [2.24, 2.45) is 0 Å². The summed E-state index contributed by atoms with van der Waals surface area (Å²) < 4.78 is 0. The number of aromatic hydroxyl groups is 1. The molecule has 0 amide bonds.